The molecule has 0 unspecified atom stereocenters. The Morgan fingerprint density at radius 2 is 1.74 bits per heavy atom. The molecule has 0 spiro atoms. The van der Waals surface area contributed by atoms with E-state index in [9.17, 15) is 14.7 Å². The van der Waals surface area contributed by atoms with Crippen LogP contribution in [0.15, 0.2) is 42.5 Å². The van der Waals surface area contributed by atoms with Crippen molar-refractivity contribution in [1.29, 1.82) is 0 Å². The molecule has 1 N–H and O–H groups in total. The Hall–Kier alpha value is -2.66. The first kappa shape index (κ1) is 16.7. The molecule has 0 aliphatic carbocycles. The summed E-state index contributed by atoms with van der Waals surface area (Å²) >= 11 is 0. The minimum atomic E-state index is -1.12. The zero-order valence-electron chi connectivity index (χ0n) is 13.4. The second-order valence-corrected chi connectivity index (χ2v) is 5.35. The van der Waals surface area contributed by atoms with Gasteiger partial charge in [-0.3, -0.25) is 4.79 Å². The van der Waals surface area contributed by atoms with Gasteiger partial charge in [-0.25, -0.2) is 4.79 Å². The topological polar surface area (TPSA) is 66.8 Å². The second kappa shape index (κ2) is 7.07. The zero-order chi connectivity index (χ0) is 17.0. The lowest BCUT2D eigenvalue weighted by Gasteiger charge is -2.15. The standard InChI is InChI=1S/C18H19NO4/c1-19(2)13-8-9-15(16(10-13)18(21)22)17(20)14-7-5-4-6-12(14)11-23-3/h4-10H,11H2,1-3H3,(H,21,22). The Balaban J connectivity index is 2.53. The summed E-state index contributed by atoms with van der Waals surface area (Å²) in [4.78, 5) is 26.2. The van der Waals surface area contributed by atoms with Gasteiger partial charge in [-0.1, -0.05) is 24.3 Å². The molecule has 2 aromatic carbocycles. The Morgan fingerprint density at radius 1 is 1.04 bits per heavy atom. The number of carboxylic acid groups (broad SMARTS) is 1. The van der Waals surface area contributed by atoms with Gasteiger partial charge in [0.1, 0.15) is 0 Å². The molecule has 0 aliphatic heterocycles. The Kier molecular flexibility index (Phi) is 5.13. The highest BCUT2D eigenvalue weighted by atomic mass is 16.5. The molecule has 0 aliphatic rings. The summed E-state index contributed by atoms with van der Waals surface area (Å²) in [6, 6.07) is 11.9. The fourth-order valence-electron chi connectivity index (χ4n) is 2.35. The van der Waals surface area contributed by atoms with Gasteiger partial charge >= 0.3 is 5.97 Å². The van der Waals surface area contributed by atoms with E-state index in [1.165, 1.54) is 6.07 Å². The van der Waals surface area contributed by atoms with Gasteiger partial charge in [0, 0.05) is 38.0 Å². The van der Waals surface area contributed by atoms with Gasteiger partial charge in [0.2, 0.25) is 0 Å². The number of methoxy groups -OCH3 is 1. The smallest absolute Gasteiger partial charge is 0.336 e. The van der Waals surface area contributed by atoms with Crippen LogP contribution >= 0.6 is 0 Å². The first-order valence-corrected chi connectivity index (χ1v) is 7.12. The average molecular weight is 313 g/mol. The maximum atomic E-state index is 12.8. The number of carbonyl (C=O) groups is 2. The maximum absolute atomic E-state index is 12.8. The highest BCUT2D eigenvalue weighted by Crippen LogP contribution is 2.23. The van der Waals surface area contributed by atoms with Gasteiger partial charge in [-0.15, -0.1) is 0 Å². The third-order valence-corrected chi connectivity index (χ3v) is 3.56. The number of hydrogen-bond donors (Lipinski definition) is 1. The van der Waals surface area contributed by atoms with Crippen molar-refractivity contribution in [3.8, 4) is 0 Å². The molecule has 23 heavy (non-hydrogen) atoms. The van der Waals surface area contributed by atoms with Crippen LogP contribution in [0.25, 0.3) is 0 Å². The summed E-state index contributed by atoms with van der Waals surface area (Å²) in [6.07, 6.45) is 0. The van der Waals surface area contributed by atoms with Crippen LogP contribution in [0.1, 0.15) is 31.8 Å². The van der Waals surface area contributed by atoms with Gasteiger partial charge in [0.05, 0.1) is 12.2 Å². The molecule has 0 saturated heterocycles. The summed E-state index contributed by atoms with van der Waals surface area (Å²) in [5, 5.41) is 9.44. The first-order valence-electron chi connectivity index (χ1n) is 7.12. The number of hydrogen-bond acceptors (Lipinski definition) is 4. The van der Waals surface area contributed by atoms with E-state index in [4.69, 9.17) is 4.74 Å². The van der Waals surface area contributed by atoms with Crippen LogP contribution in [0.4, 0.5) is 5.69 Å². The molecule has 0 bridgehead atoms. The molecular weight excluding hydrogens is 294 g/mol. The van der Waals surface area contributed by atoms with E-state index in [0.29, 0.717) is 12.2 Å². The van der Waals surface area contributed by atoms with Crippen molar-refractivity contribution in [3.05, 3.63) is 64.7 Å². The Morgan fingerprint density at radius 3 is 2.35 bits per heavy atom. The molecule has 0 fully saturated rings. The van der Waals surface area contributed by atoms with Crippen molar-refractivity contribution in [2.24, 2.45) is 0 Å². The molecule has 0 saturated carbocycles. The fourth-order valence-corrected chi connectivity index (χ4v) is 2.35. The van der Waals surface area contributed by atoms with Crippen molar-refractivity contribution in [3.63, 3.8) is 0 Å². The maximum Gasteiger partial charge on any atom is 0.336 e. The summed E-state index contributed by atoms with van der Waals surface area (Å²) < 4.78 is 5.11. The molecule has 2 rings (SSSR count). The van der Waals surface area contributed by atoms with E-state index < -0.39 is 5.97 Å². The number of benzene rings is 2. The van der Waals surface area contributed by atoms with Crippen LogP contribution in [-0.2, 0) is 11.3 Å². The number of carbonyl (C=O) groups excluding carboxylic acids is 1. The van der Waals surface area contributed by atoms with Crippen molar-refractivity contribution >= 4 is 17.4 Å². The Bertz CT molecular complexity index is 738. The van der Waals surface area contributed by atoms with Crippen LogP contribution < -0.4 is 4.90 Å². The van der Waals surface area contributed by atoms with Gasteiger partial charge in [0.15, 0.2) is 5.78 Å². The number of rotatable bonds is 6. The lowest BCUT2D eigenvalue weighted by Crippen LogP contribution is -2.15. The molecule has 0 aromatic heterocycles. The predicted octanol–water partition coefficient (Wildman–Crippen LogP) is 2.83. The first-order chi connectivity index (χ1) is 11.0. The monoisotopic (exact) mass is 313 g/mol. The van der Waals surface area contributed by atoms with E-state index >= 15 is 0 Å². The van der Waals surface area contributed by atoms with Crippen LogP contribution in [0.5, 0.6) is 0 Å². The number of nitrogens with zero attached hydrogens (tertiary/aromatic N) is 1. The molecule has 2 aromatic rings. The average Bonchev–Trinajstić information content (AvgIpc) is 2.54. The Labute approximate surface area is 135 Å². The van der Waals surface area contributed by atoms with E-state index in [1.807, 2.05) is 20.2 Å². The van der Waals surface area contributed by atoms with E-state index in [-0.39, 0.29) is 16.9 Å². The molecule has 0 radical (unpaired) electrons. The highest BCUT2D eigenvalue weighted by molar-refractivity contribution is 6.15. The fraction of sp³-hybridized carbons (Fsp3) is 0.222. The number of ether oxygens (including phenoxy) is 1. The lowest BCUT2D eigenvalue weighted by molar-refractivity contribution is 0.0693. The van der Waals surface area contributed by atoms with E-state index in [0.717, 1.165) is 11.3 Å². The van der Waals surface area contributed by atoms with Crippen LogP contribution in [0.3, 0.4) is 0 Å². The van der Waals surface area contributed by atoms with Crippen LogP contribution in [0.2, 0.25) is 0 Å². The molecule has 5 heteroatoms. The van der Waals surface area contributed by atoms with Gasteiger partial charge in [0.25, 0.3) is 0 Å². The summed E-state index contributed by atoms with van der Waals surface area (Å²) in [6.45, 7) is 0.292. The quantitative estimate of drug-likeness (QED) is 0.831. The second-order valence-electron chi connectivity index (χ2n) is 5.35. The number of aromatic carboxylic acids is 1. The summed E-state index contributed by atoms with van der Waals surface area (Å²) in [7, 11) is 5.18. The van der Waals surface area contributed by atoms with Gasteiger partial charge < -0.3 is 14.7 Å². The van der Waals surface area contributed by atoms with E-state index in [2.05, 4.69) is 0 Å². The highest BCUT2D eigenvalue weighted by Gasteiger charge is 2.20. The molecule has 120 valence electrons. The molecule has 0 amide bonds. The van der Waals surface area contributed by atoms with E-state index in [1.54, 1.807) is 42.3 Å². The van der Waals surface area contributed by atoms with Crippen LogP contribution in [0, 0.1) is 0 Å². The zero-order valence-corrected chi connectivity index (χ0v) is 13.4. The third-order valence-electron chi connectivity index (χ3n) is 3.56. The van der Waals surface area contributed by atoms with Crippen molar-refractivity contribution in [2.75, 3.05) is 26.1 Å². The molecular formula is C18H19NO4. The lowest BCUT2D eigenvalue weighted by atomic mass is 9.94. The minimum Gasteiger partial charge on any atom is -0.478 e. The summed E-state index contributed by atoms with van der Waals surface area (Å²) in [5.74, 6) is -1.44. The van der Waals surface area contributed by atoms with Gasteiger partial charge in [-0.05, 0) is 23.8 Å². The minimum absolute atomic E-state index is 0.00609. The normalized spacial score (nSPS) is 10.4. The largest absolute Gasteiger partial charge is 0.478 e. The SMILES string of the molecule is COCc1ccccc1C(=O)c1ccc(N(C)C)cc1C(=O)O. The molecule has 5 nitrogen and oxygen atoms in total. The van der Waals surface area contributed by atoms with Gasteiger partial charge in [-0.2, -0.15) is 0 Å². The van der Waals surface area contributed by atoms with Crippen molar-refractivity contribution in [1.82, 2.24) is 0 Å². The number of carboxylic acids is 1. The third kappa shape index (κ3) is 3.57. The molecule has 0 heterocycles. The molecule has 0 atom stereocenters. The van der Waals surface area contributed by atoms with Crippen molar-refractivity contribution in [2.45, 2.75) is 6.61 Å². The number of anilines is 1. The van der Waals surface area contributed by atoms with Crippen LogP contribution in [-0.4, -0.2) is 38.1 Å². The summed E-state index contributed by atoms with van der Waals surface area (Å²) in [5.41, 5.74) is 2.08. The number of ketones is 1. The van der Waals surface area contributed by atoms with Crippen molar-refractivity contribution < 1.29 is 19.4 Å². The predicted molar refractivity (Wildman–Crippen MR) is 88.3 cm³/mol.